The Morgan fingerprint density at radius 2 is 2.09 bits per heavy atom. The van der Waals surface area contributed by atoms with Crippen LogP contribution in [0.5, 0.6) is 0 Å². The van der Waals surface area contributed by atoms with Crippen LogP contribution in [0.3, 0.4) is 0 Å². The first kappa shape index (κ1) is 14.4. The van der Waals surface area contributed by atoms with E-state index in [2.05, 4.69) is 20.0 Å². The van der Waals surface area contributed by atoms with Crippen molar-refractivity contribution in [2.45, 2.75) is 19.9 Å². The Balaban J connectivity index is 2.05. The molecule has 3 rings (SSSR count). The molecule has 9 nitrogen and oxygen atoms in total. The van der Waals surface area contributed by atoms with Crippen molar-refractivity contribution in [2.75, 3.05) is 30.3 Å². The Hall–Kier alpha value is -2.58. The van der Waals surface area contributed by atoms with E-state index in [0.717, 1.165) is 16.9 Å². The van der Waals surface area contributed by atoms with Gasteiger partial charge in [-0.15, -0.1) is 0 Å². The van der Waals surface area contributed by atoms with E-state index >= 15 is 0 Å². The van der Waals surface area contributed by atoms with Gasteiger partial charge in [0.25, 0.3) is 0 Å². The van der Waals surface area contributed by atoms with E-state index in [4.69, 9.17) is 10.8 Å². The van der Waals surface area contributed by atoms with Gasteiger partial charge >= 0.3 is 6.09 Å². The topological polar surface area (TPSA) is 113 Å². The van der Waals surface area contributed by atoms with Crippen molar-refractivity contribution in [3.05, 3.63) is 5.69 Å². The molecule has 3 N–H and O–H groups in total. The highest BCUT2D eigenvalue weighted by Crippen LogP contribution is 2.29. The van der Waals surface area contributed by atoms with Gasteiger partial charge in [0.05, 0.1) is 11.1 Å². The fourth-order valence-electron chi connectivity index (χ4n) is 2.99. The number of piperazine rings is 1. The zero-order valence-electron chi connectivity index (χ0n) is 12.8. The standard InChI is InChI=1S/C13H19N7O2/c1-7-6-19(13(21)22)4-5-20(7)11-9-8(2)17-18(3)10(9)15-12(14)16-11/h7H,4-6H2,1-3H3,(H,21,22)(H2,14,15,16)/t7-/m0/s1. The lowest BCUT2D eigenvalue weighted by Crippen LogP contribution is -2.53. The fraction of sp³-hybridized carbons (Fsp3) is 0.538. The van der Waals surface area contributed by atoms with E-state index < -0.39 is 6.09 Å². The Bertz CT molecular complexity index is 742. The van der Waals surface area contributed by atoms with Gasteiger partial charge in [-0.1, -0.05) is 0 Å². The summed E-state index contributed by atoms with van der Waals surface area (Å²) < 4.78 is 1.68. The first-order valence-electron chi connectivity index (χ1n) is 7.09. The molecule has 0 spiro atoms. The van der Waals surface area contributed by atoms with Crippen molar-refractivity contribution in [3.63, 3.8) is 0 Å². The SMILES string of the molecule is Cc1nn(C)c2nc(N)nc(N3CCN(C(=O)O)C[C@@H]3C)c12. The van der Waals surface area contributed by atoms with Crippen LogP contribution in [0.25, 0.3) is 11.0 Å². The smallest absolute Gasteiger partial charge is 0.407 e. The van der Waals surface area contributed by atoms with Crippen LogP contribution in [0.4, 0.5) is 16.6 Å². The number of rotatable bonds is 1. The molecule has 1 amide bonds. The van der Waals surface area contributed by atoms with Crippen LogP contribution in [0.15, 0.2) is 0 Å². The van der Waals surface area contributed by atoms with Crippen LogP contribution in [0.2, 0.25) is 0 Å². The van der Waals surface area contributed by atoms with Crippen LogP contribution >= 0.6 is 0 Å². The lowest BCUT2D eigenvalue weighted by molar-refractivity contribution is 0.136. The number of nitrogen functional groups attached to an aromatic ring is 1. The summed E-state index contributed by atoms with van der Waals surface area (Å²) >= 11 is 0. The highest BCUT2D eigenvalue weighted by molar-refractivity contribution is 5.91. The number of anilines is 2. The Morgan fingerprint density at radius 1 is 1.36 bits per heavy atom. The molecule has 1 aliphatic rings. The predicted molar refractivity (Wildman–Crippen MR) is 81.9 cm³/mol. The summed E-state index contributed by atoms with van der Waals surface area (Å²) in [5.74, 6) is 0.920. The van der Waals surface area contributed by atoms with E-state index in [9.17, 15) is 4.79 Å². The third kappa shape index (κ3) is 2.18. The van der Waals surface area contributed by atoms with Gasteiger partial charge in [-0.25, -0.2) is 9.48 Å². The maximum atomic E-state index is 11.1. The van der Waals surface area contributed by atoms with Crippen molar-refractivity contribution in [3.8, 4) is 0 Å². The summed E-state index contributed by atoms with van der Waals surface area (Å²) in [6, 6.07) is 0.00181. The minimum atomic E-state index is -0.892. The molecule has 3 heterocycles. The summed E-state index contributed by atoms with van der Waals surface area (Å²) in [4.78, 5) is 23.3. The number of fused-ring (bicyclic) bond motifs is 1. The molecule has 0 aliphatic carbocycles. The first-order chi connectivity index (χ1) is 10.4. The third-order valence-electron chi connectivity index (χ3n) is 4.03. The Morgan fingerprint density at radius 3 is 2.73 bits per heavy atom. The number of hydrogen-bond donors (Lipinski definition) is 2. The normalized spacial score (nSPS) is 19.0. The summed E-state index contributed by atoms with van der Waals surface area (Å²) in [6.07, 6.45) is -0.892. The number of aromatic nitrogens is 4. The summed E-state index contributed by atoms with van der Waals surface area (Å²) in [5.41, 5.74) is 7.36. The molecule has 118 valence electrons. The molecule has 22 heavy (non-hydrogen) atoms. The van der Waals surface area contributed by atoms with E-state index in [-0.39, 0.29) is 12.0 Å². The van der Waals surface area contributed by atoms with Crippen molar-refractivity contribution in [1.82, 2.24) is 24.6 Å². The van der Waals surface area contributed by atoms with E-state index in [1.807, 2.05) is 20.9 Å². The summed E-state index contributed by atoms with van der Waals surface area (Å²) in [7, 11) is 1.82. The van der Waals surface area contributed by atoms with Crippen LogP contribution in [-0.2, 0) is 7.05 Å². The number of nitrogens with two attached hydrogens (primary N) is 1. The highest BCUT2D eigenvalue weighted by atomic mass is 16.4. The molecule has 0 aromatic carbocycles. The molecular formula is C13H19N7O2. The molecule has 0 unspecified atom stereocenters. The minimum absolute atomic E-state index is 0.00181. The minimum Gasteiger partial charge on any atom is -0.465 e. The van der Waals surface area contributed by atoms with Gasteiger partial charge < -0.3 is 20.6 Å². The van der Waals surface area contributed by atoms with Gasteiger partial charge in [0, 0.05) is 32.7 Å². The number of nitrogens with zero attached hydrogens (tertiary/aromatic N) is 6. The van der Waals surface area contributed by atoms with Crippen molar-refractivity contribution < 1.29 is 9.90 Å². The van der Waals surface area contributed by atoms with Gasteiger partial charge in [0.15, 0.2) is 5.65 Å². The summed E-state index contributed by atoms with van der Waals surface area (Å²) in [6.45, 7) is 5.31. The highest BCUT2D eigenvalue weighted by Gasteiger charge is 2.29. The molecule has 2 aromatic heterocycles. The molecule has 1 fully saturated rings. The summed E-state index contributed by atoms with van der Waals surface area (Å²) in [5, 5.41) is 14.4. The molecule has 1 saturated heterocycles. The molecule has 0 bridgehead atoms. The molecule has 0 saturated carbocycles. The zero-order chi connectivity index (χ0) is 16.0. The van der Waals surface area contributed by atoms with Crippen LogP contribution in [0.1, 0.15) is 12.6 Å². The van der Waals surface area contributed by atoms with E-state index in [0.29, 0.717) is 25.3 Å². The maximum absolute atomic E-state index is 11.1. The van der Waals surface area contributed by atoms with Gasteiger partial charge in [-0.05, 0) is 13.8 Å². The molecule has 2 aromatic rings. The second kappa shape index (κ2) is 5.00. The average Bonchev–Trinajstić information content (AvgIpc) is 2.73. The predicted octanol–water partition coefficient (Wildman–Crippen LogP) is 0.442. The first-order valence-corrected chi connectivity index (χ1v) is 7.09. The lowest BCUT2D eigenvalue weighted by Gasteiger charge is -2.39. The van der Waals surface area contributed by atoms with E-state index in [1.165, 1.54) is 4.90 Å². The largest absolute Gasteiger partial charge is 0.465 e. The van der Waals surface area contributed by atoms with Crippen molar-refractivity contribution in [2.24, 2.45) is 7.05 Å². The second-order valence-electron chi connectivity index (χ2n) is 5.58. The maximum Gasteiger partial charge on any atom is 0.407 e. The molecule has 9 heteroatoms. The molecule has 0 radical (unpaired) electrons. The Kier molecular flexibility index (Phi) is 3.27. The molecule has 1 atom stereocenters. The van der Waals surface area contributed by atoms with Crippen LogP contribution < -0.4 is 10.6 Å². The van der Waals surface area contributed by atoms with Gasteiger partial charge in [0.2, 0.25) is 5.95 Å². The van der Waals surface area contributed by atoms with Gasteiger partial charge in [0.1, 0.15) is 5.82 Å². The quantitative estimate of drug-likeness (QED) is 0.786. The van der Waals surface area contributed by atoms with Gasteiger partial charge in [-0.3, -0.25) is 0 Å². The number of amides is 1. The fourth-order valence-corrected chi connectivity index (χ4v) is 2.99. The zero-order valence-corrected chi connectivity index (χ0v) is 12.8. The number of carboxylic acid groups (broad SMARTS) is 1. The number of hydrogen-bond acceptors (Lipinski definition) is 6. The molecule has 1 aliphatic heterocycles. The molecular weight excluding hydrogens is 286 g/mol. The lowest BCUT2D eigenvalue weighted by atomic mass is 10.1. The van der Waals surface area contributed by atoms with Crippen LogP contribution in [-0.4, -0.2) is 61.5 Å². The average molecular weight is 305 g/mol. The van der Waals surface area contributed by atoms with Crippen molar-refractivity contribution in [1.29, 1.82) is 0 Å². The number of carbonyl (C=O) groups is 1. The van der Waals surface area contributed by atoms with Crippen LogP contribution in [0, 0.1) is 6.92 Å². The second-order valence-corrected chi connectivity index (χ2v) is 5.58. The number of aryl methyl sites for hydroxylation is 2. The Labute approximate surface area is 127 Å². The van der Waals surface area contributed by atoms with Gasteiger partial charge in [-0.2, -0.15) is 15.1 Å². The van der Waals surface area contributed by atoms with Crippen molar-refractivity contribution >= 4 is 28.9 Å². The third-order valence-corrected chi connectivity index (χ3v) is 4.03. The van der Waals surface area contributed by atoms with E-state index in [1.54, 1.807) is 4.68 Å². The monoisotopic (exact) mass is 305 g/mol.